The second-order valence-electron chi connectivity index (χ2n) is 3.56. The van der Waals surface area contributed by atoms with Crippen LogP contribution in [0.5, 0.6) is 5.75 Å². The average molecular weight is 256 g/mol. The maximum Gasteiger partial charge on any atom is 0.306 e. The van der Waals surface area contributed by atoms with Gasteiger partial charge in [0.25, 0.3) is 0 Å². The maximum atomic E-state index is 12.1. The number of hydrogen-bond donors (Lipinski definition) is 0. The highest BCUT2D eigenvalue weighted by atomic mass is 32.2. The van der Waals surface area contributed by atoms with Crippen molar-refractivity contribution in [1.29, 1.82) is 0 Å². The largest absolute Gasteiger partial charge is 0.497 e. The van der Waals surface area contributed by atoms with Gasteiger partial charge in [-0.1, -0.05) is 0 Å². The summed E-state index contributed by atoms with van der Waals surface area (Å²) in [6, 6.07) is 6.97. The van der Waals surface area contributed by atoms with Crippen LogP contribution < -0.4 is 4.74 Å². The highest BCUT2D eigenvalue weighted by Crippen LogP contribution is 2.18. The van der Waals surface area contributed by atoms with Crippen LogP contribution in [0.3, 0.4) is 0 Å². The smallest absolute Gasteiger partial charge is 0.306 e. The van der Waals surface area contributed by atoms with Crippen LogP contribution in [0, 0.1) is 0 Å². The summed E-state index contributed by atoms with van der Waals surface area (Å²) >= 11 is 0. The number of ether oxygens (including phenoxy) is 2. The first-order chi connectivity index (χ1) is 8.08. The fourth-order valence-electron chi connectivity index (χ4n) is 1.34. The van der Waals surface area contributed by atoms with Crippen molar-refractivity contribution in [1.82, 2.24) is 0 Å². The van der Waals surface area contributed by atoms with E-state index >= 15 is 0 Å². The first-order valence-corrected chi connectivity index (χ1v) is 6.41. The summed E-state index contributed by atoms with van der Waals surface area (Å²) < 4.78 is 21.6. The SMILES string of the molecule is COC(=O)CC(C)S(=O)c1ccc(OC)cc1. The number of carbonyl (C=O) groups excluding carboxylic acids is 1. The molecule has 1 rings (SSSR count). The molecule has 94 valence electrons. The van der Waals surface area contributed by atoms with Crippen LogP contribution in [-0.4, -0.2) is 29.6 Å². The third-order valence-electron chi connectivity index (χ3n) is 2.34. The molecule has 2 atom stereocenters. The molecule has 2 unspecified atom stereocenters. The second kappa shape index (κ2) is 6.39. The molecule has 0 spiro atoms. The van der Waals surface area contributed by atoms with E-state index in [2.05, 4.69) is 4.74 Å². The molecular weight excluding hydrogens is 240 g/mol. The fraction of sp³-hybridized carbons (Fsp3) is 0.417. The lowest BCUT2D eigenvalue weighted by molar-refractivity contribution is -0.140. The summed E-state index contributed by atoms with van der Waals surface area (Å²) in [6.45, 7) is 1.76. The Balaban J connectivity index is 2.71. The number of hydrogen-bond acceptors (Lipinski definition) is 4. The topological polar surface area (TPSA) is 52.6 Å². The summed E-state index contributed by atoms with van der Waals surface area (Å²) in [5, 5.41) is -0.268. The molecule has 0 N–H and O–H groups in total. The number of benzene rings is 1. The van der Waals surface area contributed by atoms with Crippen LogP contribution in [-0.2, 0) is 20.3 Å². The quantitative estimate of drug-likeness (QED) is 0.753. The second-order valence-corrected chi connectivity index (χ2v) is 5.43. The van der Waals surface area contributed by atoms with Crippen LogP contribution in [0.25, 0.3) is 0 Å². The summed E-state index contributed by atoms with van der Waals surface area (Å²) in [5.41, 5.74) is 0. The van der Waals surface area contributed by atoms with Gasteiger partial charge in [0.2, 0.25) is 0 Å². The first-order valence-electron chi connectivity index (χ1n) is 5.20. The van der Waals surface area contributed by atoms with Gasteiger partial charge in [-0.2, -0.15) is 0 Å². The molecular formula is C12H16O4S. The van der Waals surface area contributed by atoms with Gasteiger partial charge in [0.15, 0.2) is 0 Å². The fourth-order valence-corrected chi connectivity index (χ4v) is 2.49. The molecule has 4 nitrogen and oxygen atoms in total. The Morgan fingerprint density at radius 3 is 2.35 bits per heavy atom. The van der Waals surface area contributed by atoms with Crippen LogP contribution in [0.1, 0.15) is 13.3 Å². The predicted molar refractivity (Wildman–Crippen MR) is 65.5 cm³/mol. The van der Waals surface area contributed by atoms with Gasteiger partial charge < -0.3 is 9.47 Å². The normalized spacial score (nSPS) is 13.8. The molecule has 0 amide bonds. The molecule has 0 saturated heterocycles. The van der Waals surface area contributed by atoms with E-state index in [1.807, 2.05) is 0 Å². The van der Waals surface area contributed by atoms with Crippen molar-refractivity contribution in [2.75, 3.05) is 14.2 Å². The van der Waals surface area contributed by atoms with Gasteiger partial charge in [-0.15, -0.1) is 0 Å². The molecule has 0 bridgehead atoms. The highest BCUT2D eigenvalue weighted by Gasteiger charge is 2.17. The molecule has 5 heteroatoms. The monoisotopic (exact) mass is 256 g/mol. The van der Waals surface area contributed by atoms with E-state index in [1.54, 1.807) is 38.3 Å². The molecule has 0 heterocycles. The van der Waals surface area contributed by atoms with Crippen LogP contribution in [0.2, 0.25) is 0 Å². The van der Waals surface area contributed by atoms with Crippen molar-refractivity contribution < 1.29 is 18.5 Å². The first kappa shape index (κ1) is 13.7. The number of rotatable bonds is 5. The van der Waals surface area contributed by atoms with Gasteiger partial charge in [0.05, 0.1) is 31.4 Å². The molecule has 0 radical (unpaired) electrons. The van der Waals surface area contributed by atoms with Gasteiger partial charge in [-0.3, -0.25) is 9.00 Å². The standard InChI is InChI=1S/C12H16O4S/c1-9(8-12(13)16-3)17(14)11-6-4-10(15-2)5-7-11/h4-7,9H,8H2,1-3H3. The van der Waals surface area contributed by atoms with Crippen molar-refractivity contribution in [3.05, 3.63) is 24.3 Å². The van der Waals surface area contributed by atoms with Crippen molar-refractivity contribution >= 4 is 16.8 Å². The minimum absolute atomic E-state index is 0.148. The summed E-state index contributed by atoms with van der Waals surface area (Å²) in [6.07, 6.45) is 0.148. The minimum atomic E-state index is -1.22. The maximum absolute atomic E-state index is 12.1. The van der Waals surface area contributed by atoms with E-state index in [1.165, 1.54) is 7.11 Å². The van der Waals surface area contributed by atoms with Crippen molar-refractivity contribution in [2.45, 2.75) is 23.5 Å². The molecule has 0 fully saturated rings. The van der Waals surface area contributed by atoms with E-state index in [-0.39, 0.29) is 17.6 Å². The zero-order valence-corrected chi connectivity index (χ0v) is 11.0. The lowest BCUT2D eigenvalue weighted by Crippen LogP contribution is -2.17. The van der Waals surface area contributed by atoms with Crippen LogP contribution in [0.15, 0.2) is 29.2 Å². The molecule has 17 heavy (non-hydrogen) atoms. The molecule has 0 aliphatic heterocycles. The molecule has 0 aliphatic carbocycles. The zero-order valence-electron chi connectivity index (χ0n) is 10.1. The number of carbonyl (C=O) groups is 1. The van der Waals surface area contributed by atoms with Crippen LogP contribution >= 0.6 is 0 Å². The Hall–Kier alpha value is -1.36. The van der Waals surface area contributed by atoms with E-state index in [4.69, 9.17) is 4.74 Å². The number of methoxy groups -OCH3 is 2. The third kappa shape index (κ3) is 3.85. The van der Waals surface area contributed by atoms with E-state index in [0.717, 1.165) is 0 Å². The molecule has 1 aromatic carbocycles. The number of esters is 1. The van der Waals surface area contributed by atoms with Gasteiger partial charge in [0, 0.05) is 10.1 Å². The van der Waals surface area contributed by atoms with Gasteiger partial charge in [-0.25, -0.2) is 0 Å². The van der Waals surface area contributed by atoms with Crippen molar-refractivity contribution in [2.24, 2.45) is 0 Å². The minimum Gasteiger partial charge on any atom is -0.497 e. The van der Waals surface area contributed by atoms with E-state index in [9.17, 15) is 9.00 Å². The summed E-state index contributed by atoms with van der Waals surface area (Å²) in [7, 11) is 1.68. The molecule has 0 aromatic heterocycles. The Morgan fingerprint density at radius 2 is 1.88 bits per heavy atom. The summed E-state index contributed by atoms with van der Waals surface area (Å²) in [5.74, 6) is 0.366. The molecule has 1 aromatic rings. The average Bonchev–Trinajstić information content (AvgIpc) is 2.37. The predicted octanol–water partition coefficient (Wildman–Crippen LogP) is 1.75. The lowest BCUT2D eigenvalue weighted by Gasteiger charge is -2.10. The lowest BCUT2D eigenvalue weighted by atomic mass is 10.3. The van der Waals surface area contributed by atoms with Crippen LogP contribution in [0.4, 0.5) is 0 Å². The highest BCUT2D eigenvalue weighted by molar-refractivity contribution is 7.85. The van der Waals surface area contributed by atoms with Gasteiger partial charge in [-0.05, 0) is 31.2 Å². The van der Waals surface area contributed by atoms with E-state index < -0.39 is 10.8 Å². The zero-order chi connectivity index (χ0) is 12.8. The van der Waals surface area contributed by atoms with Gasteiger partial charge in [0.1, 0.15) is 5.75 Å². The Kier molecular flexibility index (Phi) is 5.15. The molecule has 0 aliphatic rings. The van der Waals surface area contributed by atoms with E-state index in [0.29, 0.717) is 10.6 Å². The van der Waals surface area contributed by atoms with Gasteiger partial charge >= 0.3 is 5.97 Å². The summed E-state index contributed by atoms with van der Waals surface area (Å²) in [4.78, 5) is 11.8. The third-order valence-corrected chi connectivity index (χ3v) is 3.97. The Bertz CT molecular complexity index is 399. The Morgan fingerprint density at radius 1 is 1.29 bits per heavy atom. The molecule has 0 saturated carbocycles. The van der Waals surface area contributed by atoms with Crippen molar-refractivity contribution in [3.8, 4) is 5.75 Å². The van der Waals surface area contributed by atoms with Crippen molar-refractivity contribution in [3.63, 3.8) is 0 Å². The Labute approximate surface area is 103 Å².